The second kappa shape index (κ2) is 11.0. The molecule has 1 amide bonds. The summed E-state index contributed by atoms with van der Waals surface area (Å²) in [6, 6.07) is 1.88. The number of allylic oxidation sites excluding steroid dienone is 2. The molecule has 0 radical (unpaired) electrons. The van der Waals surface area contributed by atoms with Crippen molar-refractivity contribution in [3.05, 3.63) is 46.4 Å². The molecule has 2 saturated heterocycles. The van der Waals surface area contributed by atoms with Gasteiger partial charge in [0.2, 0.25) is 5.91 Å². The van der Waals surface area contributed by atoms with Crippen molar-refractivity contribution in [3.8, 4) is 0 Å². The smallest absolute Gasteiger partial charge is 0.309 e. The van der Waals surface area contributed by atoms with E-state index < -0.39 is 5.60 Å². The van der Waals surface area contributed by atoms with Crippen molar-refractivity contribution in [3.63, 3.8) is 0 Å². The number of ether oxygens (including phenoxy) is 1. The largest absolute Gasteiger partial charge is 0.460 e. The number of anilines is 1. The Morgan fingerprint density at radius 3 is 2.40 bits per heavy atom. The number of hydrogen-bond acceptors (Lipinski definition) is 7. The van der Waals surface area contributed by atoms with Gasteiger partial charge in [-0.25, -0.2) is 4.98 Å². The molecule has 9 nitrogen and oxygen atoms in total. The number of nitrogens with zero attached hydrogens (tertiary/aromatic N) is 5. The lowest BCUT2D eigenvalue weighted by atomic mass is 9.81. The van der Waals surface area contributed by atoms with E-state index in [2.05, 4.69) is 22.9 Å². The van der Waals surface area contributed by atoms with Crippen LogP contribution < -0.4 is 4.90 Å². The molecular weight excluding hydrogens is 530 g/mol. The number of carbonyl (C=O) groups excluding carboxylic acids is 3. The first kappa shape index (κ1) is 28.6. The fraction of sp³-hybridized carbons (Fsp3) is 0.606. The Balaban J connectivity index is 1.34. The predicted molar refractivity (Wildman–Crippen MR) is 160 cm³/mol. The van der Waals surface area contributed by atoms with Crippen molar-refractivity contribution in [2.75, 3.05) is 31.1 Å². The Hall–Kier alpha value is -3.49. The number of fused-ring (bicyclic) bond motifs is 1. The van der Waals surface area contributed by atoms with Gasteiger partial charge in [-0.2, -0.15) is 9.78 Å². The third kappa shape index (κ3) is 5.38. The molecule has 4 aliphatic rings. The van der Waals surface area contributed by atoms with Gasteiger partial charge in [0, 0.05) is 50.3 Å². The number of amides is 1. The highest BCUT2D eigenvalue weighted by Crippen LogP contribution is 2.38. The zero-order valence-corrected chi connectivity index (χ0v) is 25.6. The molecule has 2 fully saturated rings. The Morgan fingerprint density at radius 1 is 1.05 bits per heavy atom. The minimum atomic E-state index is -0.513. The number of aromatic nitrogens is 3. The summed E-state index contributed by atoms with van der Waals surface area (Å²) in [6.07, 6.45) is 8.89. The van der Waals surface area contributed by atoms with E-state index >= 15 is 0 Å². The van der Waals surface area contributed by atoms with Crippen molar-refractivity contribution in [2.45, 2.75) is 85.2 Å². The van der Waals surface area contributed by atoms with Crippen molar-refractivity contribution in [2.24, 2.45) is 17.8 Å². The zero-order valence-electron chi connectivity index (χ0n) is 25.6. The van der Waals surface area contributed by atoms with Crippen molar-refractivity contribution in [1.82, 2.24) is 19.7 Å². The molecule has 6 rings (SSSR count). The lowest BCUT2D eigenvalue weighted by Crippen LogP contribution is -2.51. The molecule has 2 atom stereocenters. The molecule has 9 heteroatoms. The van der Waals surface area contributed by atoms with Gasteiger partial charge in [-0.3, -0.25) is 14.4 Å². The van der Waals surface area contributed by atoms with Gasteiger partial charge in [0.15, 0.2) is 0 Å². The summed E-state index contributed by atoms with van der Waals surface area (Å²) in [6.45, 7) is 13.2. The molecule has 2 aromatic heterocycles. The van der Waals surface area contributed by atoms with Crippen LogP contribution in [0, 0.1) is 24.7 Å². The molecule has 224 valence electrons. The van der Waals surface area contributed by atoms with Gasteiger partial charge in [0.1, 0.15) is 11.4 Å². The Labute approximate surface area is 248 Å². The Kier molecular flexibility index (Phi) is 7.48. The molecule has 0 spiro atoms. The maximum Gasteiger partial charge on any atom is 0.309 e. The van der Waals surface area contributed by atoms with E-state index in [-0.39, 0.29) is 29.6 Å². The van der Waals surface area contributed by atoms with Crippen LogP contribution >= 0.6 is 0 Å². The summed E-state index contributed by atoms with van der Waals surface area (Å²) in [4.78, 5) is 49.2. The van der Waals surface area contributed by atoms with Crippen LogP contribution in [0.2, 0.25) is 0 Å². The molecule has 0 saturated carbocycles. The van der Waals surface area contributed by atoms with E-state index in [1.807, 2.05) is 38.7 Å². The first-order valence-electron chi connectivity index (χ1n) is 15.6. The average molecular weight is 574 g/mol. The topological polar surface area (TPSA) is 97.6 Å². The van der Waals surface area contributed by atoms with Crippen LogP contribution in [0.1, 0.15) is 92.7 Å². The summed E-state index contributed by atoms with van der Waals surface area (Å²) >= 11 is 0. The van der Waals surface area contributed by atoms with Crippen molar-refractivity contribution < 1.29 is 19.1 Å². The van der Waals surface area contributed by atoms with Crippen molar-refractivity contribution >= 4 is 29.2 Å². The van der Waals surface area contributed by atoms with Crippen LogP contribution in [-0.4, -0.2) is 69.2 Å². The number of esters is 1. The summed E-state index contributed by atoms with van der Waals surface area (Å²) in [7, 11) is 0. The van der Waals surface area contributed by atoms with Crippen LogP contribution in [0.3, 0.4) is 0 Å². The van der Waals surface area contributed by atoms with Crippen LogP contribution in [0.15, 0.2) is 18.3 Å². The Bertz CT molecular complexity index is 1440. The number of likely N-dealkylation sites (tertiary alicyclic amines) is 1. The number of pyridine rings is 1. The van der Waals surface area contributed by atoms with Gasteiger partial charge in [-0.15, -0.1) is 0 Å². The molecule has 0 bridgehead atoms. The van der Waals surface area contributed by atoms with E-state index in [0.717, 1.165) is 67.1 Å². The van der Waals surface area contributed by atoms with Crippen LogP contribution in [-0.2, 0) is 27.2 Å². The van der Waals surface area contributed by atoms with Crippen LogP contribution in [0.25, 0.3) is 5.57 Å². The quantitative estimate of drug-likeness (QED) is 0.483. The third-order valence-electron chi connectivity index (χ3n) is 9.15. The fourth-order valence-corrected chi connectivity index (χ4v) is 6.72. The van der Waals surface area contributed by atoms with E-state index in [4.69, 9.17) is 9.84 Å². The maximum atomic E-state index is 14.4. The summed E-state index contributed by atoms with van der Waals surface area (Å²) in [5.74, 6) is 0.784. The molecule has 0 N–H and O–H groups in total. The van der Waals surface area contributed by atoms with E-state index in [1.54, 1.807) is 10.9 Å². The molecule has 2 aromatic rings. The second-order valence-electron chi connectivity index (χ2n) is 13.7. The van der Waals surface area contributed by atoms with Gasteiger partial charge >= 0.3 is 5.97 Å². The van der Waals surface area contributed by atoms with Gasteiger partial charge in [-0.05, 0) is 89.3 Å². The van der Waals surface area contributed by atoms with E-state index in [9.17, 15) is 14.4 Å². The highest BCUT2D eigenvalue weighted by atomic mass is 16.6. The fourth-order valence-electron chi connectivity index (χ4n) is 6.72. The van der Waals surface area contributed by atoms with Crippen molar-refractivity contribution in [1.29, 1.82) is 0 Å². The SMILES string of the molecule is Cc1ccnc(N2CCC2)c1C(=O)n1nc(C2=CCC(C(=O)OC(C)(C)C)CC2)c2c1CC(C(=O)N1CC(C)C1)CC2. The normalized spacial score (nSPS) is 22.5. The number of carbonyl (C=O) groups is 3. The number of rotatable bonds is 5. The molecule has 4 heterocycles. The van der Waals surface area contributed by atoms with E-state index in [1.165, 1.54) is 0 Å². The number of aryl methyl sites for hydroxylation is 1. The molecule has 2 unspecified atom stereocenters. The van der Waals surface area contributed by atoms with E-state index in [0.29, 0.717) is 49.4 Å². The molecule has 0 aromatic carbocycles. The van der Waals surface area contributed by atoms with Crippen LogP contribution in [0.4, 0.5) is 5.82 Å². The summed E-state index contributed by atoms with van der Waals surface area (Å²) < 4.78 is 7.22. The average Bonchev–Trinajstić information content (AvgIpc) is 3.28. The van der Waals surface area contributed by atoms with Crippen LogP contribution in [0.5, 0.6) is 0 Å². The first-order chi connectivity index (χ1) is 20.0. The third-order valence-corrected chi connectivity index (χ3v) is 9.15. The lowest BCUT2D eigenvalue weighted by Gasteiger charge is -2.40. The minimum absolute atomic E-state index is 0.150. The molecular formula is C33H43N5O4. The van der Waals surface area contributed by atoms with Gasteiger partial charge < -0.3 is 14.5 Å². The van der Waals surface area contributed by atoms with Gasteiger partial charge in [-0.1, -0.05) is 13.0 Å². The standard InChI is InChI=1S/C33H43N5O4/c1-20-18-37(19-20)30(39)24-11-12-25-26(17-24)38(31(40)27-21(2)13-14-34-29(27)36-15-6-16-36)35-28(25)22-7-9-23(10-8-22)32(41)42-33(3,4)5/h7,13-14,20,23-24H,6,8-12,15-19H2,1-5H3. The number of hydrogen-bond donors (Lipinski definition) is 0. The monoisotopic (exact) mass is 573 g/mol. The molecule has 2 aliphatic heterocycles. The zero-order chi connectivity index (χ0) is 29.8. The summed E-state index contributed by atoms with van der Waals surface area (Å²) in [5.41, 5.74) is 4.78. The minimum Gasteiger partial charge on any atom is -0.460 e. The highest BCUT2D eigenvalue weighted by Gasteiger charge is 2.39. The molecule has 42 heavy (non-hydrogen) atoms. The Morgan fingerprint density at radius 2 is 1.79 bits per heavy atom. The lowest BCUT2D eigenvalue weighted by molar-refractivity contribution is -0.160. The molecule has 2 aliphatic carbocycles. The maximum absolute atomic E-state index is 14.4. The predicted octanol–water partition coefficient (Wildman–Crippen LogP) is 4.59. The highest BCUT2D eigenvalue weighted by molar-refractivity contribution is 6.02. The first-order valence-corrected chi connectivity index (χ1v) is 15.6. The van der Waals surface area contributed by atoms with Gasteiger partial charge in [0.25, 0.3) is 5.91 Å². The summed E-state index contributed by atoms with van der Waals surface area (Å²) in [5, 5.41) is 5.00. The second-order valence-corrected chi connectivity index (χ2v) is 13.7. The van der Waals surface area contributed by atoms with Gasteiger partial charge in [0.05, 0.1) is 22.9 Å².